The molecule has 0 atom stereocenters. The van der Waals surface area contributed by atoms with Crippen LogP contribution >= 0.6 is 0 Å². The van der Waals surface area contributed by atoms with E-state index in [-0.39, 0.29) is 11.9 Å². The number of benzene rings is 1. The predicted molar refractivity (Wildman–Crippen MR) is 111 cm³/mol. The van der Waals surface area contributed by atoms with Crippen LogP contribution in [-0.4, -0.2) is 45.1 Å². The Morgan fingerprint density at radius 1 is 1.23 bits per heavy atom. The van der Waals surface area contributed by atoms with Gasteiger partial charge in [0.2, 0.25) is 0 Å². The molecule has 0 aliphatic carbocycles. The number of anilines is 1. The van der Waals surface area contributed by atoms with Crippen LogP contribution in [0.3, 0.4) is 0 Å². The van der Waals surface area contributed by atoms with E-state index in [0.29, 0.717) is 24.4 Å². The molecule has 154 valence electrons. The molecular formula is C22H23N5O3. The molecular weight excluding hydrogens is 382 g/mol. The summed E-state index contributed by atoms with van der Waals surface area (Å²) >= 11 is 0. The summed E-state index contributed by atoms with van der Waals surface area (Å²) in [7, 11) is 0. The number of nitrogens with zero attached hydrogens (tertiary/aromatic N) is 3. The highest BCUT2D eigenvalue weighted by atomic mass is 16.5. The number of carbonyl (C=O) groups is 2. The molecule has 1 aliphatic heterocycles. The number of H-pyrrole nitrogens is 1. The molecule has 0 saturated carbocycles. The Morgan fingerprint density at radius 3 is 2.87 bits per heavy atom. The van der Waals surface area contributed by atoms with Gasteiger partial charge in [-0.15, -0.1) is 0 Å². The summed E-state index contributed by atoms with van der Waals surface area (Å²) in [6.45, 7) is 4.23. The van der Waals surface area contributed by atoms with Crippen LogP contribution in [0.5, 0.6) is 0 Å². The van der Waals surface area contributed by atoms with Gasteiger partial charge in [-0.1, -0.05) is 12.1 Å². The summed E-state index contributed by atoms with van der Waals surface area (Å²) < 4.78 is 5.09. The van der Waals surface area contributed by atoms with Crippen LogP contribution in [-0.2, 0) is 24.2 Å². The lowest BCUT2D eigenvalue weighted by molar-refractivity contribution is 0.0516. The van der Waals surface area contributed by atoms with Crippen molar-refractivity contribution in [1.82, 2.24) is 20.1 Å². The normalized spacial score (nSPS) is 13.5. The zero-order valence-corrected chi connectivity index (χ0v) is 16.7. The number of hydrogen-bond acceptors (Lipinski definition) is 6. The van der Waals surface area contributed by atoms with E-state index < -0.39 is 0 Å². The third-order valence-electron chi connectivity index (χ3n) is 5.13. The van der Waals surface area contributed by atoms with Crippen LogP contribution in [0.25, 0.3) is 0 Å². The van der Waals surface area contributed by atoms with Gasteiger partial charge in [0.15, 0.2) is 0 Å². The van der Waals surface area contributed by atoms with E-state index in [0.717, 1.165) is 41.9 Å². The molecule has 0 fully saturated rings. The molecule has 0 radical (unpaired) electrons. The molecule has 0 saturated heterocycles. The molecule has 3 aromatic rings. The first-order valence-corrected chi connectivity index (χ1v) is 9.89. The molecule has 8 nitrogen and oxygen atoms in total. The molecule has 0 unspecified atom stereocenters. The fourth-order valence-electron chi connectivity index (χ4n) is 3.67. The van der Waals surface area contributed by atoms with Crippen LogP contribution in [0.4, 0.5) is 5.69 Å². The van der Waals surface area contributed by atoms with Gasteiger partial charge in [0.1, 0.15) is 5.69 Å². The zero-order chi connectivity index (χ0) is 20.9. The summed E-state index contributed by atoms with van der Waals surface area (Å²) in [6, 6.07) is 9.34. The smallest absolute Gasteiger partial charge is 0.356 e. The number of esters is 1. The van der Waals surface area contributed by atoms with Crippen LogP contribution in [0, 0.1) is 0 Å². The second kappa shape index (κ2) is 8.87. The summed E-state index contributed by atoms with van der Waals surface area (Å²) in [4.78, 5) is 30.8. The standard InChI is InChI=1S/C22H23N5O3/c1-2-30-22(29)20-17(12-24-26-20)14-27-11-8-18-16(13-27)4-3-5-19(18)25-21(28)15-6-9-23-10-7-15/h3-7,9-10,12H,2,8,11,13-14H2,1H3,(H,24,26)(H,25,28). The van der Waals surface area contributed by atoms with Crippen molar-refractivity contribution in [2.75, 3.05) is 18.5 Å². The Bertz CT molecular complexity index is 1050. The van der Waals surface area contributed by atoms with Gasteiger partial charge in [0.05, 0.1) is 12.8 Å². The van der Waals surface area contributed by atoms with Crippen molar-refractivity contribution in [3.05, 3.63) is 76.9 Å². The largest absolute Gasteiger partial charge is 0.461 e. The minimum atomic E-state index is -0.386. The lowest BCUT2D eigenvalue weighted by Crippen LogP contribution is -2.31. The fraction of sp³-hybridized carbons (Fsp3) is 0.273. The van der Waals surface area contributed by atoms with Crippen LogP contribution in [0.1, 0.15) is 44.5 Å². The maximum absolute atomic E-state index is 12.5. The van der Waals surface area contributed by atoms with Gasteiger partial charge in [-0.25, -0.2) is 4.79 Å². The van der Waals surface area contributed by atoms with Gasteiger partial charge in [-0.3, -0.25) is 19.8 Å². The summed E-state index contributed by atoms with van der Waals surface area (Å²) in [5.74, 6) is -0.533. The molecule has 1 amide bonds. The van der Waals surface area contributed by atoms with Crippen molar-refractivity contribution in [3.63, 3.8) is 0 Å². The van der Waals surface area contributed by atoms with E-state index in [1.807, 2.05) is 12.1 Å². The van der Waals surface area contributed by atoms with Crippen LogP contribution < -0.4 is 5.32 Å². The molecule has 8 heteroatoms. The average Bonchev–Trinajstić information content (AvgIpc) is 3.23. The number of hydrogen-bond donors (Lipinski definition) is 2. The highest BCUT2D eigenvalue weighted by molar-refractivity contribution is 6.04. The molecule has 0 bridgehead atoms. The maximum atomic E-state index is 12.5. The number of ether oxygens (including phenoxy) is 1. The van der Waals surface area contributed by atoms with Crippen LogP contribution in [0.2, 0.25) is 0 Å². The quantitative estimate of drug-likeness (QED) is 0.612. The minimum absolute atomic E-state index is 0.147. The van der Waals surface area contributed by atoms with Crippen molar-refractivity contribution < 1.29 is 14.3 Å². The van der Waals surface area contributed by atoms with Crippen molar-refractivity contribution in [3.8, 4) is 0 Å². The van der Waals surface area contributed by atoms with Crippen LogP contribution in [0.15, 0.2) is 48.9 Å². The van der Waals surface area contributed by atoms with E-state index in [2.05, 4.69) is 31.5 Å². The topological polar surface area (TPSA) is 100 Å². The van der Waals surface area contributed by atoms with Crippen molar-refractivity contribution >= 4 is 17.6 Å². The Kier molecular flexibility index (Phi) is 5.85. The summed E-state index contributed by atoms with van der Waals surface area (Å²) in [5, 5.41) is 9.77. The zero-order valence-electron chi connectivity index (χ0n) is 16.7. The maximum Gasteiger partial charge on any atom is 0.356 e. The third kappa shape index (κ3) is 4.23. The number of nitrogens with one attached hydrogen (secondary N) is 2. The summed E-state index contributed by atoms with van der Waals surface area (Å²) in [6.07, 6.45) is 5.68. The highest BCUT2D eigenvalue weighted by Gasteiger charge is 2.23. The fourth-order valence-corrected chi connectivity index (χ4v) is 3.67. The van der Waals surface area contributed by atoms with Gasteiger partial charge < -0.3 is 10.1 Å². The van der Waals surface area contributed by atoms with E-state index in [4.69, 9.17) is 4.74 Å². The molecule has 1 aromatic carbocycles. The first kappa shape index (κ1) is 19.8. The van der Waals surface area contributed by atoms with E-state index in [1.165, 1.54) is 0 Å². The van der Waals surface area contributed by atoms with Crippen molar-refractivity contribution in [2.45, 2.75) is 26.4 Å². The second-order valence-corrected chi connectivity index (χ2v) is 7.08. The van der Waals surface area contributed by atoms with E-state index >= 15 is 0 Å². The molecule has 1 aliphatic rings. The minimum Gasteiger partial charge on any atom is -0.461 e. The van der Waals surface area contributed by atoms with E-state index in [1.54, 1.807) is 37.6 Å². The second-order valence-electron chi connectivity index (χ2n) is 7.08. The van der Waals surface area contributed by atoms with Crippen molar-refractivity contribution in [1.29, 1.82) is 0 Å². The average molecular weight is 405 g/mol. The predicted octanol–water partition coefficient (Wildman–Crippen LogP) is 2.79. The number of aromatic amines is 1. The first-order valence-electron chi connectivity index (χ1n) is 9.89. The lowest BCUT2D eigenvalue weighted by atomic mass is 9.97. The number of carbonyl (C=O) groups excluding carboxylic acids is 2. The van der Waals surface area contributed by atoms with Gasteiger partial charge >= 0.3 is 5.97 Å². The molecule has 3 heterocycles. The van der Waals surface area contributed by atoms with Gasteiger partial charge in [0, 0.05) is 48.8 Å². The number of pyridine rings is 1. The van der Waals surface area contributed by atoms with Gasteiger partial charge in [-0.05, 0) is 42.7 Å². The number of rotatable bonds is 6. The molecule has 2 N–H and O–H groups in total. The Labute approximate surface area is 174 Å². The Hall–Kier alpha value is -3.52. The highest BCUT2D eigenvalue weighted by Crippen LogP contribution is 2.27. The monoisotopic (exact) mass is 405 g/mol. The number of fused-ring (bicyclic) bond motifs is 1. The summed E-state index contributed by atoms with van der Waals surface area (Å²) in [5.41, 5.74) is 4.94. The number of aromatic nitrogens is 3. The Balaban J connectivity index is 1.47. The van der Waals surface area contributed by atoms with Crippen molar-refractivity contribution in [2.24, 2.45) is 0 Å². The first-order chi connectivity index (χ1) is 14.7. The van der Waals surface area contributed by atoms with Gasteiger partial charge in [0.25, 0.3) is 5.91 Å². The van der Waals surface area contributed by atoms with E-state index in [9.17, 15) is 9.59 Å². The SMILES string of the molecule is CCOC(=O)c1[nH]ncc1CN1CCc2c(cccc2NC(=O)c2ccncc2)C1. The molecule has 4 rings (SSSR count). The van der Waals surface area contributed by atoms with Gasteiger partial charge in [-0.2, -0.15) is 5.10 Å². The molecule has 0 spiro atoms. The number of amides is 1. The lowest BCUT2D eigenvalue weighted by Gasteiger charge is -2.30. The molecule has 30 heavy (non-hydrogen) atoms. The molecule has 2 aromatic heterocycles. The third-order valence-corrected chi connectivity index (χ3v) is 5.13. The Morgan fingerprint density at radius 2 is 2.07 bits per heavy atom.